The van der Waals surface area contributed by atoms with E-state index in [4.69, 9.17) is 0 Å². The lowest BCUT2D eigenvalue weighted by Gasteiger charge is -2.36. The monoisotopic (exact) mass is 477 g/mol. The predicted octanol–water partition coefficient (Wildman–Crippen LogP) is 4.79. The van der Waals surface area contributed by atoms with Crippen LogP contribution in [0.15, 0.2) is 46.9 Å². The maximum absolute atomic E-state index is 12.9. The number of carbonyl (C=O) groups is 1. The van der Waals surface area contributed by atoms with E-state index in [0.29, 0.717) is 38.2 Å². The summed E-state index contributed by atoms with van der Waals surface area (Å²) < 4.78 is 39.1. The van der Waals surface area contributed by atoms with Crippen LogP contribution in [0.2, 0.25) is 0 Å². The van der Waals surface area contributed by atoms with Crippen LogP contribution in [0.3, 0.4) is 0 Å². The fourth-order valence-electron chi connectivity index (χ4n) is 4.02. The Hall–Kier alpha value is -2.53. The third-order valence-electron chi connectivity index (χ3n) is 5.79. The topological polar surface area (TPSA) is 47.3 Å². The highest BCUT2D eigenvalue weighted by Crippen LogP contribution is 2.49. The highest BCUT2D eigenvalue weighted by Gasteiger charge is 2.46. The van der Waals surface area contributed by atoms with E-state index < -0.39 is 11.7 Å². The van der Waals surface area contributed by atoms with E-state index in [-0.39, 0.29) is 17.7 Å². The highest BCUT2D eigenvalue weighted by molar-refractivity contribution is 9.10. The largest absolute Gasteiger partial charge is 0.416 e. The van der Waals surface area contributed by atoms with Crippen molar-refractivity contribution in [2.24, 2.45) is 5.92 Å². The van der Waals surface area contributed by atoms with Crippen LogP contribution in [0, 0.1) is 17.2 Å². The molecule has 30 heavy (non-hydrogen) atoms. The van der Waals surface area contributed by atoms with Gasteiger partial charge in [0.05, 0.1) is 16.8 Å². The van der Waals surface area contributed by atoms with Crippen LogP contribution < -0.4 is 4.90 Å². The first-order chi connectivity index (χ1) is 14.3. The zero-order chi connectivity index (χ0) is 21.5. The minimum Gasteiger partial charge on any atom is -0.367 e. The summed E-state index contributed by atoms with van der Waals surface area (Å²) in [6.07, 6.45) is -3.68. The minimum atomic E-state index is -4.35. The molecule has 4 nitrogen and oxygen atoms in total. The van der Waals surface area contributed by atoms with Gasteiger partial charge in [0.15, 0.2) is 0 Å². The number of rotatable bonds is 3. The molecule has 2 aromatic carbocycles. The maximum Gasteiger partial charge on any atom is 0.416 e. The van der Waals surface area contributed by atoms with Crippen molar-refractivity contribution in [3.05, 3.63) is 63.6 Å². The van der Waals surface area contributed by atoms with Crippen molar-refractivity contribution in [3.63, 3.8) is 0 Å². The van der Waals surface area contributed by atoms with Gasteiger partial charge in [-0.2, -0.15) is 18.4 Å². The van der Waals surface area contributed by atoms with Crippen molar-refractivity contribution in [2.75, 3.05) is 31.1 Å². The number of carbonyl (C=O) groups excluding carboxylic acids is 1. The van der Waals surface area contributed by atoms with Gasteiger partial charge in [-0.15, -0.1) is 0 Å². The van der Waals surface area contributed by atoms with Gasteiger partial charge < -0.3 is 9.80 Å². The number of nitrogens with zero attached hydrogens (tertiary/aromatic N) is 3. The molecule has 0 N–H and O–H groups in total. The number of anilines is 1. The third kappa shape index (κ3) is 4.17. The Morgan fingerprint density at radius 3 is 2.33 bits per heavy atom. The molecule has 1 unspecified atom stereocenters. The molecule has 0 radical (unpaired) electrons. The highest BCUT2D eigenvalue weighted by atomic mass is 79.9. The Morgan fingerprint density at radius 2 is 1.73 bits per heavy atom. The van der Waals surface area contributed by atoms with Gasteiger partial charge in [0.1, 0.15) is 6.07 Å². The summed E-state index contributed by atoms with van der Waals surface area (Å²) in [7, 11) is 0. The van der Waals surface area contributed by atoms with Crippen LogP contribution in [-0.4, -0.2) is 37.0 Å². The summed E-state index contributed by atoms with van der Waals surface area (Å²) in [6.45, 7) is 2.39. The van der Waals surface area contributed by atoms with Crippen LogP contribution in [0.4, 0.5) is 18.9 Å². The van der Waals surface area contributed by atoms with Gasteiger partial charge in [0.2, 0.25) is 5.91 Å². The number of hydrogen-bond donors (Lipinski definition) is 0. The van der Waals surface area contributed by atoms with Crippen molar-refractivity contribution in [1.82, 2.24) is 4.90 Å². The van der Waals surface area contributed by atoms with Crippen LogP contribution >= 0.6 is 15.9 Å². The van der Waals surface area contributed by atoms with E-state index in [1.54, 1.807) is 6.07 Å². The van der Waals surface area contributed by atoms with Crippen LogP contribution in [0.25, 0.3) is 0 Å². The Balaban J connectivity index is 1.36. The molecular weight excluding hydrogens is 459 g/mol. The van der Waals surface area contributed by atoms with Crippen molar-refractivity contribution in [3.8, 4) is 6.07 Å². The molecule has 0 aromatic heterocycles. The fraction of sp³-hybridized carbons (Fsp3) is 0.364. The van der Waals surface area contributed by atoms with Crippen molar-refractivity contribution in [2.45, 2.75) is 18.5 Å². The molecule has 1 amide bonds. The zero-order valence-electron chi connectivity index (χ0n) is 16.0. The van der Waals surface area contributed by atoms with Crippen molar-refractivity contribution in [1.29, 1.82) is 5.26 Å². The van der Waals surface area contributed by atoms with Crippen LogP contribution in [-0.2, 0) is 11.0 Å². The van der Waals surface area contributed by atoms with E-state index in [9.17, 15) is 23.2 Å². The molecule has 156 valence electrons. The molecule has 2 aliphatic rings. The Bertz CT molecular complexity index is 992. The number of hydrogen-bond acceptors (Lipinski definition) is 3. The lowest BCUT2D eigenvalue weighted by molar-refractivity contribution is -0.137. The summed E-state index contributed by atoms with van der Waals surface area (Å²) in [6, 6.07) is 12.9. The average molecular weight is 478 g/mol. The normalized spacial score (nSPS) is 21.3. The van der Waals surface area contributed by atoms with Gasteiger partial charge in [0, 0.05) is 36.6 Å². The van der Waals surface area contributed by atoms with Gasteiger partial charge in [0.25, 0.3) is 0 Å². The van der Waals surface area contributed by atoms with Gasteiger partial charge >= 0.3 is 6.18 Å². The summed E-state index contributed by atoms with van der Waals surface area (Å²) >= 11 is 3.44. The molecule has 2 aromatic rings. The van der Waals surface area contributed by atoms with Crippen LogP contribution in [0.1, 0.15) is 29.0 Å². The number of halogens is 4. The molecule has 2 fully saturated rings. The summed E-state index contributed by atoms with van der Waals surface area (Å²) in [5.74, 6) is -0.101. The lowest BCUT2D eigenvalue weighted by atomic mass is 10.1. The standard InChI is InChI=1S/C22H19BrF3N3O/c23-17-6-3-15(13-27)20(11-17)28-7-9-29(10-8-28)21(30)19-12-18(19)14-1-4-16(5-2-14)22(24,25)26/h1-6,11,18-19H,7-10,12H2/t18-,19?/m0/s1. The molecule has 0 bridgehead atoms. The second-order valence-corrected chi connectivity index (χ2v) is 8.57. The van der Waals surface area contributed by atoms with Gasteiger partial charge in [-0.05, 0) is 48.2 Å². The summed E-state index contributed by atoms with van der Waals surface area (Å²) in [5, 5.41) is 9.34. The summed E-state index contributed by atoms with van der Waals surface area (Å²) in [5.41, 5.74) is 1.57. The smallest absolute Gasteiger partial charge is 0.367 e. The van der Waals surface area contributed by atoms with E-state index >= 15 is 0 Å². The van der Waals surface area contributed by atoms with Crippen molar-refractivity contribution < 1.29 is 18.0 Å². The minimum absolute atomic E-state index is 0.00640. The molecule has 1 aliphatic carbocycles. The molecule has 1 heterocycles. The number of alkyl halides is 3. The van der Waals surface area contributed by atoms with Gasteiger partial charge in [-0.25, -0.2) is 0 Å². The Labute approximate surface area is 181 Å². The molecule has 1 aliphatic heterocycles. The molecular formula is C22H19BrF3N3O. The number of amides is 1. The van der Waals surface area contributed by atoms with E-state index in [1.165, 1.54) is 12.1 Å². The summed E-state index contributed by atoms with van der Waals surface area (Å²) in [4.78, 5) is 16.8. The van der Waals surface area contributed by atoms with E-state index in [0.717, 1.165) is 27.9 Å². The molecule has 2 atom stereocenters. The SMILES string of the molecule is N#Cc1ccc(Br)cc1N1CCN(C(=O)C2C[C@H]2c2ccc(C(F)(F)F)cc2)CC1. The van der Waals surface area contributed by atoms with Crippen LogP contribution in [0.5, 0.6) is 0 Å². The van der Waals surface area contributed by atoms with Gasteiger partial charge in [-0.1, -0.05) is 28.1 Å². The predicted molar refractivity (Wildman–Crippen MR) is 110 cm³/mol. The molecule has 1 saturated heterocycles. The fourth-order valence-corrected chi connectivity index (χ4v) is 4.37. The van der Waals surface area contributed by atoms with E-state index in [2.05, 4.69) is 26.9 Å². The second-order valence-electron chi connectivity index (χ2n) is 7.65. The Morgan fingerprint density at radius 1 is 1.07 bits per heavy atom. The quantitative estimate of drug-likeness (QED) is 0.638. The second kappa shape index (κ2) is 7.95. The molecule has 8 heteroatoms. The third-order valence-corrected chi connectivity index (χ3v) is 6.28. The molecule has 4 rings (SSSR count). The number of piperazine rings is 1. The van der Waals surface area contributed by atoms with Crippen molar-refractivity contribution >= 4 is 27.5 Å². The van der Waals surface area contributed by atoms with Gasteiger partial charge in [-0.3, -0.25) is 4.79 Å². The molecule has 1 saturated carbocycles. The maximum atomic E-state index is 12.9. The Kier molecular flexibility index (Phi) is 5.49. The lowest BCUT2D eigenvalue weighted by Crippen LogP contribution is -2.49. The first kappa shape index (κ1) is 20.7. The number of nitriles is 1. The molecule has 0 spiro atoms. The van der Waals surface area contributed by atoms with E-state index in [1.807, 2.05) is 17.0 Å². The first-order valence-electron chi connectivity index (χ1n) is 9.68. The zero-order valence-corrected chi connectivity index (χ0v) is 17.6. The first-order valence-corrected chi connectivity index (χ1v) is 10.5. The number of benzene rings is 2. The average Bonchev–Trinajstić information content (AvgIpc) is 3.54.